The van der Waals surface area contributed by atoms with E-state index < -0.39 is 18.0 Å². The molecule has 3 aromatic rings. The molecule has 2 saturated heterocycles. The maximum Gasteiger partial charge on any atom is 0.283 e. The number of anilines is 1. The van der Waals surface area contributed by atoms with Gasteiger partial charge in [0.15, 0.2) is 0 Å². The number of phenolic OH excluding ortho intramolecular Hbond substituents is 1. The molecule has 10 heteroatoms. The number of alkyl halides is 2. The summed E-state index contributed by atoms with van der Waals surface area (Å²) in [5.41, 5.74) is 2.52. The highest BCUT2D eigenvalue weighted by Gasteiger charge is 2.58. The van der Waals surface area contributed by atoms with Crippen LogP contribution in [0.3, 0.4) is 0 Å². The van der Waals surface area contributed by atoms with Crippen LogP contribution >= 0.6 is 0 Å². The van der Waals surface area contributed by atoms with E-state index in [2.05, 4.69) is 30.7 Å². The zero-order valence-corrected chi connectivity index (χ0v) is 17.2. The number of aromatic amines is 1. The molecule has 8 nitrogen and oxygen atoms in total. The van der Waals surface area contributed by atoms with Crippen molar-refractivity contribution in [3.05, 3.63) is 36.8 Å². The fourth-order valence-corrected chi connectivity index (χ4v) is 5.02. The number of H-pyrrole nitrogens is 1. The van der Waals surface area contributed by atoms with Crippen LogP contribution in [0.2, 0.25) is 0 Å². The van der Waals surface area contributed by atoms with E-state index in [9.17, 15) is 5.11 Å². The van der Waals surface area contributed by atoms with E-state index in [0.29, 0.717) is 24.1 Å². The minimum Gasteiger partial charge on any atom is -0.507 e. The van der Waals surface area contributed by atoms with E-state index in [1.54, 1.807) is 29.4 Å². The van der Waals surface area contributed by atoms with Crippen LogP contribution < -0.4 is 10.2 Å². The van der Waals surface area contributed by atoms with Gasteiger partial charge in [-0.25, -0.2) is 13.8 Å². The summed E-state index contributed by atoms with van der Waals surface area (Å²) < 4.78 is 30.4. The number of halogens is 2. The van der Waals surface area contributed by atoms with Gasteiger partial charge >= 0.3 is 0 Å². The summed E-state index contributed by atoms with van der Waals surface area (Å²) in [7, 11) is 0. The number of piperidine rings is 1. The second-order valence-corrected chi connectivity index (χ2v) is 8.92. The van der Waals surface area contributed by atoms with Crippen LogP contribution in [0.5, 0.6) is 5.75 Å². The molecule has 1 aromatic carbocycles. The van der Waals surface area contributed by atoms with Crippen molar-refractivity contribution in [3.63, 3.8) is 0 Å². The van der Waals surface area contributed by atoms with Crippen molar-refractivity contribution in [3.8, 4) is 28.1 Å². The topological polar surface area (TPSA) is 103 Å². The van der Waals surface area contributed by atoms with E-state index in [4.69, 9.17) is 0 Å². The quantitative estimate of drug-likeness (QED) is 0.561. The average Bonchev–Trinajstić information content (AvgIpc) is 3.29. The number of nitrogens with one attached hydrogen (secondary N) is 2. The molecular formula is C22H23F2N7O. The third-order valence-corrected chi connectivity index (χ3v) is 6.82. The summed E-state index contributed by atoms with van der Waals surface area (Å²) in [5.74, 6) is -2.58. The van der Waals surface area contributed by atoms with Gasteiger partial charge in [0, 0.05) is 29.4 Å². The molecule has 0 amide bonds. The number of fused-ring (bicyclic) bond motifs is 2. The number of nitrogens with zero attached hydrogens (tertiary/aromatic N) is 5. The van der Waals surface area contributed by atoms with Gasteiger partial charge in [-0.1, -0.05) is 6.07 Å². The summed E-state index contributed by atoms with van der Waals surface area (Å²) >= 11 is 0. The van der Waals surface area contributed by atoms with Crippen LogP contribution in [0.4, 0.5) is 14.7 Å². The summed E-state index contributed by atoms with van der Waals surface area (Å²) in [6, 6.07) is 3.63. The third-order valence-electron chi connectivity index (χ3n) is 6.82. The van der Waals surface area contributed by atoms with E-state index >= 15 is 8.78 Å². The largest absolute Gasteiger partial charge is 0.507 e. The standard InChI is InChI=1S/C22H23F2N7O/c23-22(24)19-6-2-14(28-19)8-20(22)31(15-3-4-15)21-25-11-17(29-30-21)16-5-1-12(7-18(16)32)13-9-26-27-10-13/h1,5,7,9-11,14-15,19-20,28,32H,2-4,6,8H2,(H,26,27)/t14-,19-,20+/m0/s1. The Balaban J connectivity index is 1.29. The molecule has 3 N–H and O–H groups in total. The third kappa shape index (κ3) is 3.21. The highest BCUT2D eigenvalue weighted by Crippen LogP contribution is 2.45. The number of benzene rings is 1. The maximum absolute atomic E-state index is 15.2. The lowest BCUT2D eigenvalue weighted by Gasteiger charge is -2.43. The van der Waals surface area contributed by atoms with E-state index in [0.717, 1.165) is 30.4 Å². The van der Waals surface area contributed by atoms with Gasteiger partial charge in [-0.05, 0) is 49.8 Å². The Bertz CT molecular complexity index is 1120. The van der Waals surface area contributed by atoms with Crippen molar-refractivity contribution in [2.75, 3.05) is 4.90 Å². The highest BCUT2D eigenvalue weighted by atomic mass is 19.3. The van der Waals surface area contributed by atoms with E-state index in [1.807, 2.05) is 6.07 Å². The van der Waals surface area contributed by atoms with Crippen LogP contribution in [0.15, 0.2) is 36.8 Å². The number of aromatic nitrogens is 5. The van der Waals surface area contributed by atoms with Crippen LogP contribution in [-0.4, -0.2) is 60.6 Å². The summed E-state index contributed by atoms with van der Waals surface area (Å²) in [6.45, 7) is 0. The Labute approximate surface area is 183 Å². The first-order valence-corrected chi connectivity index (χ1v) is 10.9. The molecule has 0 radical (unpaired) electrons. The number of phenols is 1. The summed E-state index contributed by atoms with van der Waals surface area (Å²) in [6.07, 6.45) is 8.27. The Morgan fingerprint density at radius 1 is 1.06 bits per heavy atom. The zero-order valence-electron chi connectivity index (χ0n) is 17.2. The van der Waals surface area contributed by atoms with Crippen LogP contribution in [0, 0.1) is 0 Å². The first-order valence-electron chi connectivity index (χ1n) is 10.9. The molecule has 6 rings (SSSR count). The first-order chi connectivity index (χ1) is 15.5. The predicted molar refractivity (Wildman–Crippen MR) is 113 cm³/mol. The zero-order chi connectivity index (χ0) is 21.9. The lowest BCUT2D eigenvalue weighted by molar-refractivity contribution is -0.0745. The van der Waals surface area contributed by atoms with Gasteiger partial charge in [0.1, 0.15) is 11.4 Å². The Morgan fingerprint density at radius 3 is 2.62 bits per heavy atom. The second kappa shape index (κ2) is 7.19. The van der Waals surface area contributed by atoms with Crippen LogP contribution in [-0.2, 0) is 0 Å². The van der Waals surface area contributed by atoms with Crippen molar-refractivity contribution >= 4 is 5.95 Å². The van der Waals surface area contributed by atoms with E-state index in [-0.39, 0.29) is 23.8 Å². The molecule has 3 aliphatic rings. The Hall–Kier alpha value is -3.14. The Morgan fingerprint density at radius 2 is 1.94 bits per heavy atom. The molecule has 0 unspecified atom stereocenters. The smallest absolute Gasteiger partial charge is 0.283 e. The maximum atomic E-state index is 15.2. The van der Waals surface area contributed by atoms with Crippen molar-refractivity contribution in [2.45, 2.75) is 62.2 Å². The van der Waals surface area contributed by atoms with Gasteiger partial charge in [0.25, 0.3) is 5.92 Å². The molecule has 4 heterocycles. The van der Waals surface area contributed by atoms with Crippen molar-refractivity contribution < 1.29 is 13.9 Å². The molecular weight excluding hydrogens is 416 g/mol. The molecule has 2 aliphatic heterocycles. The molecule has 3 fully saturated rings. The van der Waals surface area contributed by atoms with Gasteiger partial charge in [0.2, 0.25) is 5.95 Å². The molecule has 1 saturated carbocycles. The predicted octanol–water partition coefficient (Wildman–Crippen LogP) is 3.13. The fourth-order valence-electron chi connectivity index (χ4n) is 5.02. The van der Waals surface area contributed by atoms with Crippen molar-refractivity contribution in [1.82, 2.24) is 30.7 Å². The normalized spacial score (nSPS) is 26.2. The molecule has 0 spiro atoms. The summed E-state index contributed by atoms with van der Waals surface area (Å²) in [4.78, 5) is 6.11. The van der Waals surface area contributed by atoms with Crippen molar-refractivity contribution in [2.24, 2.45) is 0 Å². The number of rotatable bonds is 5. The van der Waals surface area contributed by atoms with Crippen molar-refractivity contribution in [1.29, 1.82) is 0 Å². The van der Waals surface area contributed by atoms with Crippen LogP contribution in [0.1, 0.15) is 32.1 Å². The van der Waals surface area contributed by atoms with E-state index in [1.165, 1.54) is 6.20 Å². The average molecular weight is 439 g/mol. The summed E-state index contributed by atoms with van der Waals surface area (Å²) in [5, 5.41) is 28.7. The lowest BCUT2D eigenvalue weighted by atomic mass is 9.93. The molecule has 2 aromatic heterocycles. The molecule has 166 valence electrons. The monoisotopic (exact) mass is 439 g/mol. The SMILES string of the molecule is Oc1cc(-c2cn[nH]c2)ccc1-c1cnc(N(C2CC2)[C@@H]2C[C@@H]3CC[C@H](N3)C2(F)F)nn1. The number of hydrogen-bond donors (Lipinski definition) is 3. The van der Waals surface area contributed by atoms with Gasteiger partial charge < -0.3 is 15.3 Å². The van der Waals surface area contributed by atoms with Gasteiger partial charge in [-0.2, -0.15) is 5.10 Å². The lowest BCUT2D eigenvalue weighted by Crippen LogP contribution is -2.63. The van der Waals surface area contributed by atoms with Gasteiger partial charge in [-0.15, -0.1) is 10.2 Å². The fraction of sp³-hybridized carbons (Fsp3) is 0.455. The molecule has 3 atom stereocenters. The number of hydrogen-bond acceptors (Lipinski definition) is 7. The molecule has 1 aliphatic carbocycles. The minimum atomic E-state index is -2.85. The molecule has 32 heavy (non-hydrogen) atoms. The minimum absolute atomic E-state index is 0.0265. The molecule has 2 bridgehead atoms. The number of aromatic hydroxyl groups is 1. The van der Waals surface area contributed by atoms with Crippen LogP contribution in [0.25, 0.3) is 22.4 Å². The second-order valence-electron chi connectivity index (χ2n) is 8.92. The first kappa shape index (κ1) is 19.5. The Kier molecular flexibility index (Phi) is 4.39. The van der Waals surface area contributed by atoms with Gasteiger partial charge in [0.05, 0.1) is 24.5 Å². The van der Waals surface area contributed by atoms with Gasteiger partial charge in [-0.3, -0.25) is 5.10 Å². The highest BCUT2D eigenvalue weighted by molar-refractivity contribution is 5.73.